The first-order valence-corrected chi connectivity index (χ1v) is 10.8. The molecule has 0 aliphatic heterocycles. The molecule has 0 aromatic rings. The molecule has 1 aliphatic carbocycles. The average Bonchev–Trinajstić information content (AvgIpc) is 2.87. The van der Waals surface area contributed by atoms with Gasteiger partial charge in [0, 0.05) is 0 Å². The number of nitroso groups, excluding NO2 is 2. The van der Waals surface area contributed by atoms with Gasteiger partial charge >= 0.3 is 0 Å². The lowest BCUT2D eigenvalue weighted by Gasteiger charge is -2.20. The van der Waals surface area contributed by atoms with Crippen LogP contribution in [-0.4, -0.2) is 10.9 Å². The molecule has 0 fully saturated rings. The first-order chi connectivity index (χ1) is 16.9. The number of allylic oxidation sites excluding steroid dienone is 11. The topological polar surface area (TPSA) is 130 Å². The largest absolute Gasteiger partial charge is 0.274 e. The number of azo groups is 1. The molecule has 9 heteroatoms. The fraction of sp³-hybridized carbons (Fsp3) is 0.192. The zero-order valence-electron chi connectivity index (χ0n) is 20.1. The fourth-order valence-electron chi connectivity index (χ4n) is 2.91. The van der Waals surface area contributed by atoms with Gasteiger partial charge in [0.05, 0.1) is 17.0 Å². The second kappa shape index (κ2) is 15.5. The van der Waals surface area contributed by atoms with Gasteiger partial charge in [-0.15, -0.1) is 21.5 Å². The van der Waals surface area contributed by atoms with Gasteiger partial charge in [0.2, 0.25) is 0 Å². The predicted molar refractivity (Wildman–Crippen MR) is 140 cm³/mol. The van der Waals surface area contributed by atoms with Crippen LogP contribution in [-0.2, 0) is 4.79 Å². The minimum Gasteiger partial charge on any atom is -0.267 e. The molecule has 35 heavy (non-hydrogen) atoms. The summed E-state index contributed by atoms with van der Waals surface area (Å²) in [6.45, 7) is 14.6. The number of nitrogens with zero attached hydrogens (tertiary/aromatic N) is 5. The molecular formula is C26H30N6O3. The molecule has 0 unspecified atom stereocenters. The quantitative estimate of drug-likeness (QED) is 0.0463. The Balaban J connectivity index is 3.77. The van der Waals surface area contributed by atoms with E-state index in [0.717, 1.165) is 5.01 Å². The Kier molecular flexibility index (Phi) is 12.7. The van der Waals surface area contributed by atoms with Crippen molar-refractivity contribution in [3.63, 3.8) is 0 Å². The van der Waals surface area contributed by atoms with Gasteiger partial charge in [-0.2, -0.15) is 5.11 Å². The van der Waals surface area contributed by atoms with E-state index in [-0.39, 0.29) is 34.7 Å². The summed E-state index contributed by atoms with van der Waals surface area (Å²) in [6.07, 6.45) is 17.3. The third-order valence-electron chi connectivity index (χ3n) is 4.65. The van der Waals surface area contributed by atoms with Crippen molar-refractivity contribution < 1.29 is 4.79 Å². The number of hydrogen-bond acceptors (Lipinski definition) is 8. The van der Waals surface area contributed by atoms with Gasteiger partial charge in [-0.25, -0.2) is 10.9 Å². The number of carbonyl (C=O) groups excluding carboxylic acids is 1. The minimum atomic E-state index is -0.709. The van der Waals surface area contributed by atoms with E-state index in [4.69, 9.17) is 5.84 Å². The molecule has 0 saturated carbocycles. The Labute approximate surface area is 205 Å². The molecule has 0 aromatic carbocycles. The number of carbonyl (C=O) groups is 1. The molecule has 9 nitrogen and oxygen atoms in total. The van der Waals surface area contributed by atoms with Crippen LogP contribution in [0.15, 0.2) is 141 Å². The van der Waals surface area contributed by atoms with Gasteiger partial charge in [-0.1, -0.05) is 61.8 Å². The van der Waals surface area contributed by atoms with Crippen LogP contribution in [0.4, 0.5) is 0 Å². The lowest BCUT2D eigenvalue weighted by Crippen LogP contribution is -2.37. The Morgan fingerprint density at radius 1 is 1.20 bits per heavy atom. The predicted octanol–water partition coefficient (Wildman–Crippen LogP) is 6.73. The Morgan fingerprint density at radius 2 is 1.94 bits per heavy atom. The van der Waals surface area contributed by atoms with Gasteiger partial charge in [0.1, 0.15) is 17.1 Å². The van der Waals surface area contributed by atoms with Gasteiger partial charge in [-0.3, -0.25) is 4.79 Å². The number of amides is 1. The summed E-state index contributed by atoms with van der Waals surface area (Å²) < 4.78 is 0. The second-order valence-electron chi connectivity index (χ2n) is 7.00. The fourth-order valence-corrected chi connectivity index (χ4v) is 2.91. The molecule has 0 spiro atoms. The highest BCUT2D eigenvalue weighted by atomic mass is 16.3. The highest BCUT2D eigenvalue weighted by Gasteiger charge is 2.25. The van der Waals surface area contributed by atoms with Gasteiger partial charge in [0.15, 0.2) is 0 Å². The van der Waals surface area contributed by atoms with Crippen LogP contribution in [0.3, 0.4) is 0 Å². The second-order valence-corrected chi connectivity index (χ2v) is 7.00. The maximum atomic E-state index is 13.4. The van der Waals surface area contributed by atoms with Crippen LogP contribution in [0.1, 0.15) is 33.1 Å². The van der Waals surface area contributed by atoms with E-state index in [1.165, 1.54) is 12.2 Å². The molecule has 2 N–H and O–H groups in total. The van der Waals surface area contributed by atoms with Crippen molar-refractivity contribution in [3.8, 4) is 0 Å². The van der Waals surface area contributed by atoms with Gasteiger partial charge in [-0.05, 0) is 61.2 Å². The van der Waals surface area contributed by atoms with E-state index in [9.17, 15) is 14.6 Å². The molecular weight excluding hydrogens is 444 g/mol. The Hall–Kier alpha value is -4.37. The van der Waals surface area contributed by atoms with E-state index < -0.39 is 5.91 Å². The van der Waals surface area contributed by atoms with Gasteiger partial charge in [0.25, 0.3) is 5.91 Å². The van der Waals surface area contributed by atoms with Crippen molar-refractivity contribution in [2.75, 3.05) is 0 Å². The van der Waals surface area contributed by atoms with E-state index in [1.54, 1.807) is 62.5 Å². The van der Waals surface area contributed by atoms with Crippen molar-refractivity contribution in [1.82, 2.24) is 5.01 Å². The van der Waals surface area contributed by atoms with Crippen molar-refractivity contribution >= 4 is 5.91 Å². The number of hydrazine groups is 1. The zero-order valence-corrected chi connectivity index (χ0v) is 20.1. The van der Waals surface area contributed by atoms with E-state index in [0.29, 0.717) is 24.2 Å². The van der Waals surface area contributed by atoms with Crippen LogP contribution in [0.5, 0.6) is 0 Å². The monoisotopic (exact) mass is 474 g/mol. The van der Waals surface area contributed by atoms with Crippen molar-refractivity contribution in [1.29, 1.82) is 0 Å². The standard InChI is InChI=1S/C26H30N6O3/c1-6-10-15-20(9-4)32(27)26(33)21(16-11-7-2)25(31-35)24(19(5)14-8-3)29-28-22-17-12-13-18-23(22)30-34/h6-10,13-16,18H,1-2,5,11-12,17,27H2,3-4H3/b14-8-,15-10-,20-9+,21-16+,25-24-,29-28?. The summed E-state index contributed by atoms with van der Waals surface area (Å²) in [6, 6.07) is 0. The SMILES string of the molecule is C=C/C=C\C(=C/C)N(N)C(=O)C(=C/CC=C)/C(N=O)=C(/N=NC1=C(N=O)C=CCC1)C(=C)/C=C\C. The lowest BCUT2D eigenvalue weighted by atomic mass is 10.0. The average molecular weight is 475 g/mol. The lowest BCUT2D eigenvalue weighted by molar-refractivity contribution is -0.125. The van der Waals surface area contributed by atoms with Crippen LogP contribution in [0.25, 0.3) is 0 Å². The smallest absolute Gasteiger partial charge is 0.267 e. The third kappa shape index (κ3) is 8.17. The van der Waals surface area contributed by atoms with Crippen LogP contribution < -0.4 is 5.84 Å². The summed E-state index contributed by atoms with van der Waals surface area (Å²) in [5.74, 6) is 5.38. The highest BCUT2D eigenvalue weighted by molar-refractivity contribution is 5.99. The molecule has 0 aromatic heterocycles. The maximum absolute atomic E-state index is 13.4. The first kappa shape index (κ1) is 28.7. The van der Waals surface area contributed by atoms with E-state index in [1.807, 2.05) is 0 Å². The van der Waals surface area contributed by atoms with E-state index >= 15 is 0 Å². The van der Waals surface area contributed by atoms with Crippen molar-refractivity contribution in [2.45, 2.75) is 33.1 Å². The van der Waals surface area contributed by atoms with Gasteiger partial charge < -0.3 is 0 Å². The van der Waals surface area contributed by atoms with Crippen molar-refractivity contribution in [2.24, 2.45) is 26.4 Å². The number of rotatable bonds is 13. The molecule has 1 aliphatic rings. The molecule has 1 rings (SSSR count). The summed E-state index contributed by atoms with van der Waals surface area (Å²) in [5, 5.41) is 15.3. The normalized spacial score (nSPS) is 15.5. The summed E-state index contributed by atoms with van der Waals surface area (Å²) in [7, 11) is 0. The first-order valence-electron chi connectivity index (χ1n) is 10.8. The maximum Gasteiger partial charge on any atom is 0.274 e. The molecule has 0 atom stereocenters. The molecule has 0 saturated heterocycles. The minimum absolute atomic E-state index is 0.0499. The summed E-state index contributed by atoms with van der Waals surface area (Å²) >= 11 is 0. The Bertz CT molecular complexity index is 1110. The zero-order chi connectivity index (χ0) is 26.2. The van der Waals surface area contributed by atoms with Crippen molar-refractivity contribution in [3.05, 3.63) is 130 Å². The van der Waals surface area contributed by atoms with Crippen LogP contribution in [0.2, 0.25) is 0 Å². The molecule has 182 valence electrons. The Morgan fingerprint density at radius 3 is 2.51 bits per heavy atom. The van der Waals surface area contributed by atoms with Crippen LogP contribution >= 0.6 is 0 Å². The van der Waals surface area contributed by atoms with E-state index in [2.05, 4.69) is 40.3 Å². The molecule has 0 bridgehead atoms. The highest BCUT2D eigenvalue weighted by Crippen LogP contribution is 2.28. The molecule has 0 heterocycles. The molecule has 1 amide bonds. The molecule has 0 radical (unpaired) electrons. The number of nitrogens with two attached hydrogens (primary N) is 1. The number of hydrogen-bond donors (Lipinski definition) is 1. The third-order valence-corrected chi connectivity index (χ3v) is 4.65. The summed E-state index contributed by atoms with van der Waals surface area (Å²) in [4.78, 5) is 36.6. The summed E-state index contributed by atoms with van der Waals surface area (Å²) in [5.41, 5.74) is 0.640. The van der Waals surface area contributed by atoms with Crippen LogP contribution in [0, 0.1) is 9.81 Å².